The van der Waals surface area contributed by atoms with Gasteiger partial charge in [0, 0.05) is 11.8 Å². The van der Waals surface area contributed by atoms with Gasteiger partial charge in [-0.05, 0) is 0 Å². The van der Waals surface area contributed by atoms with Gasteiger partial charge >= 0.3 is 7.60 Å². The molecule has 0 fully saturated rings. The van der Waals surface area contributed by atoms with E-state index in [2.05, 4.69) is 4.52 Å². The highest BCUT2D eigenvalue weighted by Crippen LogP contribution is 2.49. The Morgan fingerprint density at radius 1 is 1.29 bits per heavy atom. The monoisotopic (exact) mass is 286 g/mol. The Morgan fingerprint density at radius 3 is 2.36 bits per heavy atom. The highest BCUT2D eigenvalue weighted by molar-refractivity contribution is 7.54. The highest BCUT2D eigenvalue weighted by Gasteiger charge is 2.27. The van der Waals surface area contributed by atoms with Crippen LogP contribution in [0.15, 0.2) is 0 Å². The van der Waals surface area contributed by atoms with Crippen molar-refractivity contribution in [3.63, 3.8) is 0 Å². The molecule has 2 atom stereocenters. The lowest BCUT2D eigenvalue weighted by molar-refractivity contribution is 0.0667. The minimum absolute atomic E-state index is 0.0186. The largest absolute Gasteiger partial charge is 0.334 e. The molecular formula is C6H11Cl3FO3P. The predicted molar refractivity (Wildman–Crippen MR) is 56.6 cm³/mol. The third kappa shape index (κ3) is 6.44. The second-order valence-corrected chi connectivity index (χ2v) is 5.42. The first kappa shape index (κ1) is 14.9. The van der Waals surface area contributed by atoms with Crippen LogP contribution in [0.4, 0.5) is 4.39 Å². The molecule has 0 amide bonds. The fourth-order valence-corrected chi connectivity index (χ4v) is 2.88. The molecule has 0 N–H and O–H groups in total. The summed E-state index contributed by atoms with van der Waals surface area (Å²) in [5.74, 6) is -0.210. The third-order valence-electron chi connectivity index (χ3n) is 1.12. The molecule has 86 valence electrons. The van der Waals surface area contributed by atoms with Crippen LogP contribution >= 0.6 is 42.4 Å². The molecule has 0 aromatic heterocycles. The molecule has 0 aliphatic rings. The van der Waals surface area contributed by atoms with Gasteiger partial charge in [0.25, 0.3) is 0 Å². The molecule has 2 unspecified atom stereocenters. The number of hydrogen-bond donors (Lipinski definition) is 0. The maximum atomic E-state index is 12.7. The molecule has 0 saturated heterocycles. The molecule has 0 saturated carbocycles. The minimum atomic E-state index is -3.48. The zero-order chi connectivity index (χ0) is 11.0. The van der Waals surface area contributed by atoms with E-state index in [4.69, 9.17) is 39.3 Å². The van der Waals surface area contributed by atoms with Gasteiger partial charge in [0.1, 0.15) is 0 Å². The zero-order valence-corrected chi connectivity index (χ0v) is 10.5. The molecule has 0 aromatic rings. The van der Waals surface area contributed by atoms with Crippen LogP contribution in [0.3, 0.4) is 0 Å². The average Bonchev–Trinajstić information content (AvgIpc) is 2.15. The molecule has 0 aliphatic carbocycles. The molecule has 0 spiro atoms. The summed E-state index contributed by atoms with van der Waals surface area (Å²) >= 11 is 15.9. The molecule has 0 bridgehead atoms. The maximum Gasteiger partial charge on any atom is 0.334 e. The van der Waals surface area contributed by atoms with Crippen LogP contribution in [-0.2, 0) is 13.6 Å². The van der Waals surface area contributed by atoms with E-state index in [0.29, 0.717) is 0 Å². The zero-order valence-electron chi connectivity index (χ0n) is 7.30. The van der Waals surface area contributed by atoms with E-state index in [1.54, 1.807) is 0 Å². The summed E-state index contributed by atoms with van der Waals surface area (Å²) in [5.41, 5.74) is 0. The summed E-state index contributed by atoms with van der Waals surface area (Å²) in [4.78, 5) is 0. The highest BCUT2D eigenvalue weighted by atomic mass is 35.5. The van der Waals surface area contributed by atoms with Crippen molar-refractivity contribution in [3.8, 4) is 0 Å². The standard InChI is InChI=1S/C6H11Cl3FO3P/c7-1-3-12-14(11,4-2-8)13-6(10)5-9/h6H,1-5H2. The topological polar surface area (TPSA) is 35.5 Å². The summed E-state index contributed by atoms with van der Waals surface area (Å²) < 4.78 is 33.7. The van der Waals surface area contributed by atoms with E-state index in [1.807, 2.05) is 0 Å². The van der Waals surface area contributed by atoms with Crippen LogP contribution in [0.1, 0.15) is 0 Å². The third-order valence-corrected chi connectivity index (χ3v) is 3.87. The van der Waals surface area contributed by atoms with E-state index in [1.165, 1.54) is 0 Å². The number of halogens is 4. The molecule has 3 nitrogen and oxygen atoms in total. The predicted octanol–water partition coefficient (Wildman–Crippen LogP) is 3.22. The summed E-state index contributed by atoms with van der Waals surface area (Å²) in [6, 6.07) is 0. The summed E-state index contributed by atoms with van der Waals surface area (Å²) in [7, 11) is -3.48. The van der Waals surface area contributed by atoms with Crippen molar-refractivity contribution in [1.29, 1.82) is 0 Å². The first-order valence-electron chi connectivity index (χ1n) is 3.82. The van der Waals surface area contributed by atoms with Crippen molar-refractivity contribution in [1.82, 2.24) is 0 Å². The normalized spacial score (nSPS) is 17.7. The molecule has 0 aliphatic heterocycles. The van der Waals surface area contributed by atoms with Gasteiger partial charge in [0.2, 0.25) is 6.36 Å². The van der Waals surface area contributed by atoms with Crippen LogP contribution in [0.25, 0.3) is 0 Å². The van der Waals surface area contributed by atoms with Gasteiger partial charge in [0.05, 0.1) is 18.6 Å². The van der Waals surface area contributed by atoms with E-state index in [-0.39, 0.29) is 24.5 Å². The van der Waals surface area contributed by atoms with Gasteiger partial charge < -0.3 is 4.52 Å². The van der Waals surface area contributed by atoms with Gasteiger partial charge in [-0.25, -0.2) is 4.39 Å². The van der Waals surface area contributed by atoms with Crippen molar-refractivity contribution >= 4 is 42.4 Å². The van der Waals surface area contributed by atoms with Crippen LogP contribution in [0, 0.1) is 0 Å². The fraction of sp³-hybridized carbons (Fsp3) is 1.00. The first-order valence-corrected chi connectivity index (χ1v) is 7.15. The summed E-state index contributed by atoms with van der Waals surface area (Å²) in [6.45, 7) is 0.0186. The molecular weight excluding hydrogens is 276 g/mol. The second kappa shape index (κ2) is 8.14. The van der Waals surface area contributed by atoms with Crippen LogP contribution in [0.5, 0.6) is 0 Å². The average molecular weight is 287 g/mol. The quantitative estimate of drug-likeness (QED) is 0.508. The van der Waals surface area contributed by atoms with Crippen molar-refractivity contribution in [2.45, 2.75) is 6.36 Å². The van der Waals surface area contributed by atoms with Gasteiger partial charge in [-0.2, -0.15) is 0 Å². The summed E-state index contributed by atoms with van der Waals surface area (Å²) in [6.07, 6.45) is -1.89. The minimum Gasteiger partial charge on any atom is -0.307 e. The van der Waals surface area contributed by atoms with E-state index in [9.17, 15) is 8.96 Å². The molecule has 0 radical (unpaired) electrons. The smallest absolute Gasteiger partial charge is 0.307 e. The Kier molecular flexibility index (Phi) is 8.70. The number of hydrogen-bond acceptors (Lipinski definition) is 3. The lowest BCUT2D eigenvalue weighted by Gasteiger charge is -2.18. The van der Waals surface area contributed by atoms with Crippen LogP contribution < -0.4 is 0 Å². The van der Waals surface area contributed by atoms with Gasteiger partial charge in [-0.15, -0.1) is 34.8 Å². The van der Waals surface area contributed by atoms with Crippen molar-refractivity contribution in [3.05, 3.63) is 0 Å². The number of alkyl halides is 4. The Balaban J connectivity index is 4.16. The Hall–Kier alpha value is 0.950. The Morgan fingerprint density at radius 2 is 1.93 bits per heavy atom. The fourth-order valence-electron chi connectivity index (χ4n) is 0.627. The molecule has 8 heteroatoms. The SMILES string of the molecule is O=P(CCCl)(OCCCl)OC(F)CCl. The van der Waals surface area contributed by atoms with Crippen LogP contribution in [0.2, 0.25) is 0 Å². The Bertz CT molecular complexity index is 195. The van der Waals surface area contributed by atoms with Crippen LogP contribution in [-0.4, -0.2) is 36.8 Å². The maximum absolute atomic E-state index is 12.7. The van der Waals surface area contributed by atoms with Gasteiger partial charge in [0.15, 0.2) is 0 Å². The van der Waals surface area contributed by atoms with Gasteiger partial charge in [-0.3, -0.25) is 9.09 Å². The van der Waals surface area contributed by atoms with E-state index < -0.39 is 19.8 Å². The molecule has 14 heavy (non-hydrogen) atoms. The number of rotatable bonds is 8. The van der Waals surface area contributed by atoms with Gasteiger partial charge in [-0.1, -0.05) is 0 Å². The summed E-state index contributed by atoms with van der Waals surface area (Å²) in [5, 5.41) is 0. The van der Waals surface area contributed by atoms with Crippen molar-refractivity contribution in [2.75, 3.05) is 30.4 Å². The molecule has 0 aromatic carbocycles. The molecule has 0 rings (SSSR count). The first-order chi connectivity index (χ1) is 6.58. The van der Waals surface area contributed by atoms with E-state index in [0.717, 1.165) is 0 Å². The lowest BCUT2D eigenvalue weighted by Crippen LogP contribution is -2.11. The lowest BCUT2D eigenvalue weighted by atomic mass is 10.8. The second-order valence-electron chi connectivity index (χ2n) is 2.22. The Labute approximate surface area is 97.3 Å². The van der Waals surface area contributed by atoms with Crippen molar-refractivity contribution < 1.29 is 18.0 Å². The van der Waals surface area contributed by atoms with Crippen molar-refractivity contribution in [2.24, 2.45) is 0 Å². The molecule has 0 heterocycles. The van der Waals surface area contributed by atoms with E-state index >= 15 is 0 Å².